The second-order valence-electron chi connectivity index (χ2n) is 22.8. The monoisotopic (exact) mass is 1490 g/mol. The van der Waals surface area contributed by atoms with Crippen LogP contribution in [0.15, 0.2) is 188 Å². The molecule has 0 amide bonds. The van der Waals surface area contributed by atoms with Gasteiger partial charge in [0.1, 0.15) is 18.9 Å². The number of ether oxygens (including phenoxy) is 2. The fourth-order valence-corrected chi connectivity index (χ4v) is 13.9. The molecule has 522 valence electrons. The van der Waals surface area contributed by atoms with Gasteiger partial charge in [-0.15, -0.1) is 17.7 Å². The minimum atomic E-state index is -4.63. The molecule has 0 saturated heterocycles. The first-order valence-electron chi connectivity index (χ1n) is 31.4. The summed E-state index contributed by atoms with van der Waals surface area (Å²) >= 11 is 24.8. The minimum Gasteiger partial charge on any atom is -0.743 e. The van der Waals surface area contributed by atoms with Gasteiger partial charge in [-0.25, -0.2) is 8.42 Å². The Morgan fingerprint density at radius 1 is 0.515 bits per heavy atom. The first kappa shape index (κ1) is 74.8. The Hall–Kier alpha value is -8.40. The highest BCUT2D eigenvalue weighted by Crippen LogP contribution is 2.47. The van der Waals surface area contributed by atoms with Crippen LogP contribution < -0.4 is 42.8 Å². The van der Waals surface area contributed by atoms with Crippen molar-refractivity contribution in [1.29, 1.82) is 0 Å². The molecule has 28 heteroatoms. The molecule has 0 aliphatic carbocycles. The maximum Gasteiger partial charge on any atom is 0.375 e. The van der Waals surface area contributed by atoms with E-state index in [4.69, 9.17) is 69.1 Å². The zero-order valence-corrected chi connectivity index (χ0v) is 61.3. The maximum atomic E-state index is 11.8. The number of benzene rings is 6. The highest BCUT2D eigenvalue weighted by molar-refractivity contribution is 7.86. The van der Waals surface area contributed by atoms with E-state index in [1.54, 1.807) is 54.6 Å². The van der Waals surface area contributed by atoms with Gasteiger partial charge in [0.2, 0.25) is 34.4 Å². The lowest BCUT2D eigenvalue weighted by atomic mass is 10.2. The molecule has 99 heavy (non-hydrogen) atoms. The van der Waals surface area contributed by atoms with Gasteiger partial charge in [-0.2, -0.15) is 26.0 Å². The summed E-state index contributed by atoms with van der Waals surface area (Å²) in [6.45, 7) is 26.6. The predicted octanol–water partition coefficient (Wildman–Crippen LogP) is 16.1. The van der Waals surface area contributed by atoms with Crippen molar-refractivity contribution in [2.24, 2.45) is 0 Å². The molecule has 3 aliphatic heterocycles. The van der Waals surface area contributed by atoms with Gasteiger partial charge in [0, 0.05) is 53.5 Å². The van der Waals surface area contributed by atoms with Crippen LogP contribution in [0, 0.1) is 13.8 Å². The first-order valence-corrected chi connectivity index (χ1v) is 37.7. The Kier molecular flexibility index (Phi) is 23.8. The number of hydrogen-bond donors (Lipinski definition) is 2. The number of anilines is 4. The molecule has 0 fully saturated rings. The highest BCUT2D eigenvalue weighted by atomic mass is 35.5. The molecule has 9 aromatic rings. The third kappa shape index (κ3) is 17.6. The van der Waals surface area contributed by atoms with E-state index in [0.29, 0.717) is 84.3 Å². The van der Waals surface area contributed by atoms with Crippen LogP contribution in [0.5, 0.6) is 11.5 Å². The first-order chi connectivity index (χ1) is 47.0. The van der Waals surface area contributed by atoms with E-state index >= 15 is 0 Å². The lowest BCUT2D eigenvalue weighted by Gasteiger charge is -2.23. The molecule has 3 aromatic heterocycles. The van der Waals surface area contributed by atoms with E-state index in [1.807, 2.05) is 125 Å². The van der Waals surface area contributed by atoms with Crippen molar-refractivity contribution in [3.63, 3.8) is 0 Å². The molecular weight excluding hydrogens is 1410 g/mol. The lowest BCUT2D eigenvalue weighted by molar-refractivity contribution is -0.674. The molecule has 6 heterocycles. The van der Waals surface area contributed by atoms with E-state index < -0.39 is 48.0 Å². The third-order valence-corrected chi connectivity index (χ3v) is 18.8. The molecule has 2 N–H and O–H groups in total. The molecule has 0 saturated carbocycles. The summed E-state index contributed by atoms with van der Waals surface area (Å²) in [5, 5.41) is 2.05. The molecule has 3 aliphatic rings. The van der Waals surface area contributed by atoms with E-state index in [1.165, 1.54) is 14.4 Å². The van der Waals surface area contributed by atoms with Gasteiger partial charge >= 0.3 is 17.7 Å². The molecule has 21 nitrogen and oxygen atoms in total. The number of allylic oxidation sites excluding steroid dienone is 6. The molecule has 12 rings (SSSR count). The van der Waals surface area contributed by atoms with Crippen molar-refractivity contribution in [1.82, 2.24) is 0 Å². The Morgan fingerprint density at radius 3 is 1.54 bits per heavy atom. The molecule has 0 spiro atoms. The summed E-state index contributed by atoms with van der Waals surface area (Å²) in [4.78, 5) is 6.89. The predicted molar refractivity (Wildman–Crippen MR) is 390 cm³/mol. The number of nitrogens with zero attached hydrogens (tertiary/aromatic N) is 7. The second-order valence-corrected chi connectivity index (χ2v) is 28.7. The van der Waals surface area contributed by atoms with Gasteiger partial charge in [0.05, 0.1) is 51.0 Å². The van der Waals surface area contributed by atoms with E-state index in [-0.39, 0.29) is 11.8 Å². The number of aryl methyl sites for hydroxylation is 4. The maximum absolute atomic E-state index is 11.8. The van der Waals surface area contributed by atoms with Crippen LogP contribution in [0.4, 0.5) is 22.7 Å². The van der Waals surface area contributed by atoms with E-state index in [0.717, 1.165) is 93.7 Å². The van der Waals surface area contributed by atoms with Crippen molar-refractivity contribution >= 4 is 151 Å². The Labute approximate surface area is 596 Å². The van der Waals surface area contributed by atoms with Crippen molar-refractivity contribution in [3.8, 4) is 11.5 Å². The number of hydrogen-bond acceptors (Lipinski definition) is 16. The van der Waals surface area contributed by atoms with Crippen molar-refractivity contribution in [2.75, 3.05) is 44.4 Å². The standard InChI is InChI=1S/C23H23Cl2N3O4S.C23H23Cl2N2O2.C23H24N2O8S2.C2H4/c1-4-26-19-12-16(24)17(25)13-20(19)28(14-33(29,30)31)22(26)10-15(3)11-23-27(5-2)18-8-6-7-9-21(18)32-23;1-4-15(11-22-26(5-2)18-13-16(24)7-9-20(18)28-22)12-23-27(6-3)19-14-17(25)8-10-21(19)29-23;1-4-17(11-22-24(13-34(26,27)28)18-9-15(2)5-7-20(18)32-22)12-23-25(14-35(29,30)31)19-10-16(3)6-8-21(19)33-23;1-2/h6-13H,4-5,14H2,1-3H3;7-14H,4-6H2,1-3H3;5-12H,4,13-14H2,1-3H3,(H-,26,27,28,29,30,31);1-2H2/q;+1;;/p+1. The lowest BCUT2D eigenvalue weighted by Crippen LogP contribution is -2.39. The molecule has 6 aromatic carbocycles. The van der Waals surface area contributed by atoms with Crippen LogP contribution in [-0.4, -0.2) is 63.8 Å². The largest absolute Gasteiger partial charge is 0.743 e. The quantitative estimate of drug-likeness (QED) is 0.0460. The van der Waals surface area contributed by atoms with E-state index in [2.05, 4.69) is 60.1 Å². The number of oxazole rings is 3. The highest BCUT2D eigenvalue weighted by Gasteiger charge is 2.36. The van der Waals surface area contributed by atoms with Crippen LogP contribution in [-0.2, 0) is 49.3 Å². The second kappa shape index (κ2) is 31.4. The Bertz CT molecular complexity index is 5140. The summed E-state index contributed by atoms with van der Waals surface area (Å²) < 4.78 is 136. The van der Waals surface area contributed by atoms with Gasteiger partial charge in [-0.05, 0) is 162 Å². The molecule has 0 unspecified atom stereocenters. The average Bonchev–Trinajstić information content (AvgIpc) is 1.62. The summed E-state index contributed by atoms with van der Waals surface area (Å²) in [7, 11) is -13.3. The molecule has 0 atom stereocenters. The Balaban J connectivity index is 0.000000172. The smallest absolute Gasteiger partial charge is 0.375 e. The van der Waals surface area contributed by atoms with Crippen LogP contribution in [0.1, 0.15) is 90.1 Å². The minimum absolute atomic E-state index is 0.131. The van der Waals surface area contributed by atoms with Gasteiger partial charge in [0.15, 0.2) is 33.4 Å². The van der Waals surface area contributed by atoms with Crippen molar-refractivity contribution in [2.45, 2.75) is 94.1 Å². The fraction of sp³-hybridized carbons (Fsp3) is 0.254. The number of para-hydroxylation sites is 2. The van der Waals surface area contributed by atoms with Gasteiger partial charge < -0.3 is 42.0 Å². The SMILES string of the molecule is C=C.CCC(=C\c1oc2ccc(C)cc2[n+]1CS(=O)(=O)[O-])/C=C1/Oc2ccc(C)cc2N1CS(=O)(=O)O.CCC(=C\c1oc2ccc(Cl)cc2[n+]1CC)/C=C1/Oc2ccc(Cl)cc2N1CC.CCN1/C(=C/C(C)=C/c2oc3ccccc3[n+]2CC)N(CS(=O)(=O)O)c2cc(Cl)c(Cl)cc21. The van der Waals surface area contributed by atoms with Crippen molar-refractivity contribution < 1.29 is 75.3 Å². The van der Waals surface area contributed by atoms with Crippen LogP contribution in [0.25, 0.3) is 51.5 Å². The van der Waals surface area contributed by atoms with Crippen LogP contribution in [0.2, 0.25) is 20.1 Å². The summed E-state index contributed by atoms with van der Waals surface area (Å²) in [6.07, 6.45) is 12.3. The normalized spacial score (nSPS) is 15.3. The van der Waals surface area contributed by atoms with Gasteiger partial charge in [-0.1, -0.05) is 84.5 Å². The number of rotatable bonds is 18. The summed E-state index contributed by atoms with van der Waals surface area (Å²) in [5.41, 5.74) is 11.4. The topological polar surface area (TPSA) is 248 Å². The average molecular weight is 1490 g/mol. The van der Waals surface area contributed by atoms with Gasteiger partial charge in [0.25, 0.3) is 36.8 Å². The van der Waals surface area contributed by atoms with Gasteiger partial charge in [-0.3, -0.25) is 14.0 Å². The van der Waals surface area contributed by atoms with Crippen molar-refractivity contribution in [3.05, 3.63) is 224 Å². The Morgan fingerprint density at radius 2 is 0.970 bits per heavy atom. The zero-order valence-electron chi connectivity index (χ0n) is 55.8. The summed E-state index contributed by atoms with van der Waals surface area (Å²) in [5.74, 6) is 2.22. The number of aromatic nitrogens is 3. The molecule has 0 radical (unpaired) electrons. The third-order valence-electron chi connectivity index (χ3n) is 15.8. The van der Waals surface area contributed by atoms with Crippen LogP contribution in [0.3, 0.4) is 0 Å². The molecule has 0 bridgehead atoms. The van der Waals surface area contributed by atoms with E-state index in [9.17, 15) is 38.9 Å². The number of halogens is 4. The van der Waals surface area contributed by atoms with Crippen LogP contribution >= 0.6 is 46.4 Å². The fourth-order valence-electron chi connectivity index (χ4n) is 11.4. The summed E-state index contributed by atoms with van der Waals surface area (Å²) in [6, 6.07) is 33.0. The molecular formula is C71H75Cl4N7O14S3+2. The number of fused-ring (bicyclic) bond motifs is 6. The zero-order chi connectivity index (χ0) is 72.0.